The number of hydrogen-bond donors (Lipinski definition) is 1. The van der Waals surface area contributed by atoms with Gasteiger partial charge in [0, 0.05) is 18.0 Å². The molecule has 0 fully saturated rings. The van der Waals surface area contributed by atoms with Crippen LogP contribution in [0.2, 0.25) is 0 Å². The fourth-order valence-corrected chi connectivity index (χ4v) is 1.35. The predicted molar refractivity (Wildman–Crippen MR) is 51.4 cm³/mol. The number of thioether (sulfide) groups is 1. The minimum Gasteiger partial charge on any atom is -0.285 e. The van der Waals surface area contributed by atoms with E-state index in [1.54, 1.807) is 12.4 Å². The average Bonchev–Trinajstić information content (AvgIpc) is 2.71. The van der Waals surface area contributed by atoms with Crippen molar-refractivity contribution in [3.05, 3.63) is 24.7 Å². The van der Waals surface area contributed by atoms with Gasteiger partial charge >= 0.3 is 0 Å². The highest BCUT2D eigenvalue weighted by Crippen LogP contribution is 2.16. The third kappa shape index (κ3) is 1.70. The molecule has 66 valence electrons. The summed E-state index contributed by atoms with van der Waals surface area (Å²) in [5.74, 6) is 0. The van der Waals surface area contributed by atoms with Crippen molar-refractivity contribution in [3.63, 3.8) is 0 Å². The zero-order valence-electron chi connectivity index (χ0n) is 7.06. The SMILES string of the molecule is CSc1nccc(-c2cn[nH]c2)n1. The highest BCUT2D eigenvalue weighted by Gasteiger charge is 2.01. The topological polar surface area (TPSA) is 54.5 Å². The normalized spacial score (nSPS) is 10.2. The molecule has 0 amide bonds. The fraction of sp³-hybridized carbons (Fsp3) is 0.125. The molecule has 13 heavy (non-hydrogen) atoms. The van der Waals surface area contributed by atoms with Gasteiger partial charge in [-0.1, -0.05) is 11.8 Å². The third-order valence-electron chi connectivity index (χ3n) is 1.61. The van der Waals surface area contributed by atoms with E-state index in [9.17, 15) is 0 Å². The number of nitrogens with zero attached hydrogens (tertiary/aromatic N) is 3. The van der Waals surface area contributed by atoms with Gasteiger partial charge in [0.15, 0.2) is 5.16 Å². The van der Waals surface area contributed by atoms with E-state index in [-0.39, 0.29) is 0 Å². The van der Waals surface area contributed by atoms with E-state index >= 15 is 0 Å². The first kappa shape index (κ1) is 8.25. The van der Waals surface area contributed by atoms with Crippen LogP contribution in [0.25, 0.3) is 11.3 Å². The van der Waals surface area contributed by atoms with E-state index in [2.05, 4.69) is 20.2 Å². The van der Waals surface area contributed by atoms with Crippen LogP contribution in [0.1, 0.15) is 0 Å². The molecule has 0 aliphatic carbocycles. The van der Waals surface area contributed by atoms with Crippen molar-refractivity contribution in [2.24, 2.45) is 0 Å². The molecule has 0 spiro atoms. The Bertz CT molecular complexity index is 385. The van der Waals surface area contributed by atoms with E-state index in [0.29, 0.717) is 0 Å². The molecule has 2 aromatic rings. The zero-order valence-corrected chi connectivity index (χ0v) is 7.88. The second kappa shape index (κ2) is 3.57. The molecule has 4 nitrogen and oxygen atoms in total. The smallest absolute Gasteiger partial charge is 0.187 e. The second-order valence-electron chi connectivity index (χ2n) is 2.42. The van der Waals surface area contributed by atoms with Gasteiger partial charge in [-0.15, -0.1) is 0 Å². The summed E-state index contributed by atoms with van der Waals surface area (Å²) >= 11 is 1.53. The van der Waals surface area contributed by atoms with Crippen molar-refractivity contribution < 1.29 is 0 Å². The Morgan fingerprint density at radius 3 is 3.08 bits per heavy atom. The molecule has 0 unspecified atom stereocenters. The van der Waals surface area contributed by atoms with Crippen molar-refractivity contribution in [2.45, 2.75) is 5.16 Å². The van der Waals surface area contributed by atoms with Gasteiger partial charge < -0.3 is 0 Å². The van der Waals surface area contributed by atoms with Crippen LogP contribution in [0.15, 0.2) is 29.8 Å². The van der Waals surface area contributed by atoms with Gasteiger partial charge in [0.1, 0.15) is 0 Å². The summed E-state index contributed by atoms with van der Waals surface area (Å²) in [5, 5.41) is 7.39. The first-order valence-corrected chi connectivity index (χ1v) is 4.99. The molecule has 2 aromatic heterocycles. The minimum absolute atomic E-state index is 0.777. The van der Waals surface area contributed by atoms with E-state index < -0.39 is 0 Å². The monoisotopic (exact) mass is 192 g/mol. The number of H-pyrrole nitrogens is 1. The Morgan fingerprint density at radius 1 is 1.46 bits per heavy atom. The number of hydrogen-bond acceptors (Lipinski definition) is 4. The molecule has 0 saturated carbocycles. The number of nitrogens with one attached hydrogen (secondary N) is 1. The molecule has 0 atom stereocenters. The quantitative estimate of drug-likeness (QED) is 0.580. The van der Waals surface area contributed by atoms with Gasteiger partial charge in [-0.3, -0.25) is 5.10 Å². The Morgan fingerprint density at radius 2 is 2.38 bits per heavy atom. The Balaban J connectivity index is 2.41. The highest BCUT2D eigenvalue weighted by molar-refractivity contribution is 7.98. The lowest BCUT2D eigenvalue weighted by Gasteiger charge is -1.97. The maximum atomic E-state index is 4.33. The fourth-order valence-electron chi connectivity index (χ4n) is 0.991. The molecule has 0 aliphatic rings. The van der Waals surface area contributed by atoms with Crippen molar-refractivity contribution in [1.29, 1.82) is 0 Å². The zero-order chi connectivity index (χ0) is 9.10. The summed E-state index contributed by atoms with van der Waals surface area (Å²) < 4.78 is 0. The van der Waals surface area contributed by atoms with Gasteiger partial charge in [0.25, 0.3) is 0 Å². The molecule has 5 heteroatoms. The van der Waals surface area contributed by atoms with Crippen LogP contribution in [-0.2, 0) is 0 Å². The average molecular weight is 192 g/mol. The number of rotatable bonds is 2. The predicted octanol–water partition coefficient (Wildman–Crippen LogP) is 1.59. The van der Waals surface area contributed by atoms with Crippen LogP contribution in [0.3, 0.4) is 0 Å². The van der Waals surface area contributed by atoms with Gasteiger partial charge in [-0.2, -0.15) is 5.10 Å². The maximum absolute atomic E-state index is 4.33. The Hall–Kier alpha value is -1.36. The van der Waals surface area contributed by atoms with Crippen molar-refractivity contribution in [1.82, 2.24) is 20.2 Å². The number of aromatic amines is 1. The van der Waals surface area contributed by atoms with Gasteiger partial charge in [-0.05, 0) is 12.3 Å². The van der Waals surface area contributed by atoms with Crippen molar-refractivity contribution >= 4 is 11.8 Å². The molecule has 2 heterocycles. The van der Waals surface area contributed by atoms with Crippen LogP contribution >= 0.6 is 11.8 Å². The van der Waals surface area contributed by atoms with Gasteiger partial charge in [0.05, 0.1) is 11.9 Å². The lowest BCUT2D eigenvalue weighted by molar-refractivity contribution is 0.976. The summed E-state index contributed by atoms with van der Waals surface area (Å²) in [5.41, 5.74) is 1.88. The summed E-state index contributed by atoms with van der Waals surface area (Å²) in [4.78, 5) is 8.41. The lowest BCUT2D eigenvalue weighted by atomic mass is 10.2. The van der Waals surface area contributed by atoms with Crippen LogP contribution < -0.4 is 0 Å². The Labute approximate surface area is 79.8 Å². The van der Waals surface area contributed by atoms with Crippen LogP contribution in [0.5, 0.6) is 0 Å². The molecule has 0 radical (unpaired) electrons. The highest BCUT2D eigenvalue weighted by atomic mass is 32.2. The second-order valence-corrected chi connectivity index (χ2v) is 3.19. The molecule has 2 rings (SSSR count). The van der Waals surface area contributed by atoms with Crippen LogP contribution in [-0.4, -0.2) is 26.4 Å². The first-order valence-electron chi connectivity index (χ1n) is 3.76. The third-order valence-corrected chi connectivity index (χ3v) is 2.17. The van der Waals surface area contributed by atoms with Crippen LogP contribution in [0.4, 0.5) is 0 Å². The summed E-state index contributed by atoms with van der Waals surface area (Å²) in [6, 6.07) is 1.87. The molecule has 0 aliphatic heterocycles. The standard InChI is InChI=1S/C8H8N4S/c1-13-8-9-3-2-7(12-8)6-4-10-11-5-6/h2-5H,1H3,(H,10,11). The van der Waals surface area contributed by atoms with Gasteiger partial charge in [-0.25, -0.2) is 9.97 Å². The lowest BCUT2D eigenvalue weighted by Crippen LogP contribution is -1.87. The molecular formula is C8H8N4S. The molecule has 0 bridgehead atoms. The summed E-state index contributed by atoms with van der Waals surface area (Å²) in [6.45, 7) is 0. The number of aromatic nitrogens is 4. The summed E-state index contributed by atoms with van der Waals surface area (Å²) in [7, 11) is 0. The molecule has 1 N–H and O–H groups in total. The van der Waals surface area contributed by atoms with Gasteiger partial charge in [0.2, 0.25) is 0 Å². The molecule has 0 saturated heterocycles. The first-order chi connectivity index (χ1) is 6.40. The van der Waals surface area contributed by atoms with Crippen LogP contribution in [0, 0.1) is 0 Å². The van der Waals surface area contributed by atoms with E-state index in [0.717, 1.165) is 16.4 Å². The van der Waals surface area contributed by atoms with E-state index in [1.807, 2.05) is 18.5 Å². The Kier molecular flexibility index (Phi) is 2.27. The largest absolute Gasteiger partial charge is 0.285 e. The van der Waals surface area contributed by atoms with E-state index in [4.69, 9.17) is 0 Å². The molecular weight excluding hydrogens is 184 g/mol. The van der Waals surface area contributed by atoms with Crippen molar-refractivity contribution in [2.75, 3.05) is 6.26 Å². The van der Waals surface area contributed by atoms with Crippen molar-refractivity contribution in [3.8, 4) is 11.3 Å². The van der Waals surface area contributed by atoms with E-state index in [1.165, 1.54) is 11.8 Å². The minimum atomic E-state index is 0.777. The molecule has 0 aromatic carbocycles. The maximum Gasteiger partial charge on any atom is 0.187 e. The summed E-state index contributed by atoms with van der Waals surface area (Å²) in [6.07, 6.45) is 7.26.